The molecule has 1 unspecified atom stereocenters. The van der Waals surface area contributed by atoms with Gasteiger partial charge >= 0.3 is 6.09 Å². The monoisotopic (exact) mass is 327 g/mol. The van der Waals surface area contributed by atoms with Gasteiger partial charge in [0.25, 0.3) is 0 Å². The maximum atomic E-state index is 11.7. The lowest BCUT2D eigenvalue weighted by Gasteiger charge is -2.30. The van der Waals surface area contributed by atoms with Crippen LogP contribution in [0.5, 0.6) is 0 Å². The molecule has 0 bridgehead atoms. The zero-order chi connectivity index (χ0) is 17.3. The van der Waals surface area contributed by atoms with E-state index in [2.05, 4.69) is 22.5 Å². The Morgan fingerprint density at radius 1 is 1.22 bits per heavy atom. The van der Waals surface area contributed by atoms with Crippen molar-refractivity contribution >= 4 is 12.0 Å². The number of nitrogens with one attached hydrogen (secondary N) is 2. The Morgan fingerprint density at radius 2 is 1.96 bits per heavy atom. The van der Waals surface area contributed by atoms with Gasteiger partial charge in [-0.15, -0.1) is 0 Å². The number of piperidine rings is 1. The van der Waals surface area contributed by atoms with Gasteiger partial charge in [0, 0.05) is 32.6 Å². The number of hydrogen-bond donors (Lipinski definition) is 2. The van der Waals surface area contributed by atoms with E-state index in [0.717, 1.165) is 25.6 Å². The lowest BCUT2D eigenvalue weighted by Crippen LogP contribution is -2.40. The number of amides is 2. The van der Waals surface area contributed by atoms with Gasteiger partial charge in [-0.1, -0.05) is 6.92 Å². The average molecular weight is 327 g/mol. The number of hydrogen-bond acceptors (Lipinski definition) is 4. The van der Waals surface area contributed by atoms with Crippen LogP contribution >= 0.6 is 0 Å². The van der Waals surface area contributed by atoms with Gasteiger partial charge in [-0.3, -0.25) is 4.79 Å². The fourth-order valence-electron chi connectivity index (χ4n) is 2.69. The minimum Gasteiger partial charge on any atom is -0.444 e. The fraction of sp³-hybridized carbons (Fsp3) is 0.882. The minimum atomic E-state index is -0.493. The summed E-state index contributed by atoms with van der Waals surface area (Å²) in [6, 6.07) is 0. The number of rotatable bonds is 7. The van der Waals surface area contributed by atoms with Crippen molar-refractivity contribution in [2.75, 3.05) is 32.7 Å². The second-order valence-corrected chi connectivity index (χ2v) is 7.43. The van der Waals surface area contributed by atoms with Crippen LogP contribution in [0.3, 0.4) is 0 Å². The van der Waals surface area contributed by atoms with Gasteiger partial charge in [0.2, 0.25) is 5.91 Å². The number of carbonyl (C=O) groups is 2. The minimum absolute atomic E-state index is 0.0426. The first-order valence-corrected chi connectivity index (χ1v) is 8.72. The summed E-state index contributed by atoms with van der Waals surface area (Å²) in [5.41, 5.74) is -0.493. The first kappa shape index (κ1) is 19.7. The molecule has 1 saturated heterocycles. The number of alkyl carbamates (subject to hydrolysis) is 1. The molecule has 1 fully saturated rings. The normalized spacial score (nSPS) is 19.2. The van der Waals surface area contributed by atoms with E-state index in [-0.39, 0.29) is 5.91 Å². The van der Waals surface area contributed by atoms with Crippen LogP contribution in [0.2, 0.25) is 0 Å². The van der Waals surface area contributed by atoms with Crippen molar-refractivity contribution < 1.29 is 14.3 Å². The van der Waals surface area contributed by atoms with Crippen LogP contribution in [-0.4, -0.2) is 55.2 Å². The lowest BCUT2D eigenvalue weighted by atomic mass is 10.0. The van der Waals surface area contributed by atoms with Crippen molar-refractivity contribution in [2.24, 2.45) is 5.92 Å². The molecule has 2 N–H and O–H groups in total. The molecule has 6 nitrogen and oxygen atoms in total. The van der Waals surface area contributed by atoms with Crippen molar-refractivity contribution in [1.29, 1.82) is 0 Å². The molecule has 23 heavy (non-hydrogen) atoms. The SMILES string of the molecule is CC1CCCN(CCNC(=O)CCCNC(=O)OC(C)(C)C)C1. The first-order valence-electron chi connectivity index (χ1n) is 8.72. The molecule has 0 radical (unpaired) electrons. The van der Waals surface area contributed by atoms with Crippen molar-refractivity contribution in [1.82, 2.24) is 15.5 Å². The van der Waals surface area contributed by atoms with E-state index in [1.54, 1.807) is 0 Å². The van der Waals surface area contributed by atoms with Crippen molar-refractivity contribution in [2.45, 2.75) is 59.0 Å². The van der Waals surface area contributed by atoms with Crippen LogP contribution in [0.25, 0.3) is 0 Å². The highest BCUT2D eigenvalue weighted by Gasteiger charge is 2.16. The molecule has 0 spiro atoms. The molecule has 2 amide bonds. The van der Waals surface area contributed by atoms with Gasteiger partial charge in [-0.05, 0) is 52.5 Å². The first-order chi connectivity index (χ1) is 10.8. The lowest BCUT2D eigenvalue weighted by molar-refractivity contribution is -0.121. The Morgan fingerprint density at radius 3 is 2.61 bits per heavy atom. The highest BCUT2D eigenvalue weighted by Crippen LogP contribution is 2.14. The van der Waals surface area contributed by atoms with Gasteiger partial charge in [0.1, 0.15) is 5.60 Å². The Hall–Kier alpha value is -1.30. The third kappa shape index (κ3) is 10.2. The third-order valence-electron chi connectivity index (χ3n) is 3.74. The predicted molar refractivity (Wildman–Crippen MR) is 91.3 cm³/mol. The summed E-state index contributed by atoms with van der Waals surface area (Å²) < 4.78 is 5.13. The van der Waals surface area contributed by atoms with Crippen molar-refractivity contribution in [3.8, 4) is 0 Å². The average Bonchev–Trinajstić information content (AvgIpc) is 2.42. The Labute approximate surface area is 140 Å². The standard InChI is InChI=1S/C17H33N3O3/c1-14-7-6-11-20(13-14)12-10-18-15(21)8-5-9-19-16(22)23-17(2,3)4/h14H,5-13H2,1-4H3,(H,18,21)(H,19,22). The summed E-state index contributed by atoms with van der Waals surface area (Å²) in [6.07, 6.45) is 3.17. The number of likely N-dealkylation sites (tertiary alicyclic amines) is 1. The molecule has 1 aliphatic heterocycles. The molecule has 1 atom stereocenters. The molecule has 0 aromatic heterocycles. The second kappa shape index (κ2) is 9.75. The van der Waals surface area contributed by atoms with E-state index in [4.69, 9.17) is 4.74 Å². The Bertz CT molecular complexity index is 380. The summed E-state index contributed by atoms with van der Waals surface area (Å²) >= 11 is 0. The molecule has 0 aromatic carbocycles. The summed E-state index contributed by atoms with van der Waals surface area (Å²) in [4.78, 5) is 25.6. The van der Waals surface area contributed by atoms with Crippen molar-refractivity contribution in [3.05, 3.63) is 0 Å². The van der Waals surface area contributed by atoms with Crippen LogP contribution in [0.4, 0.5) is 4.79 Å². The fourth-order valence-corrected chi connectivity index (χ4v) is 2.69. The van der Waals surface area contributed by atoms with Crippen LogP contribution < -0.4 is 10.6 Å². The smallest absolute Gasteiger partial charge is 0.407 e. The molecular formula is C17H33N3O3. The molecule has 6 heteroatoms. The topological polar surface area (TPSA) is 70.7 Å². The van der Waals surface area contributed by atoms with Crippen LogP contribution in [0.1, 0.15) is 53.4 Å². The highest BCUT2D eigenvalue weighted by molar-refractivity contribution is 5.75. The van der Waals surface area contributed by atoms with E-state index in [9.17, 15) is 9.59 Å². The van der Waals surface area contributed by atoms with E-state index >= 15 is 0 Å². The Kier molecular flexibility index (Phi) is 8.37. The number of nitrogens with zero attached hydrogens (tertiary/aromatic N) is 1. The quantitative estimate of drug-likeness (QED) is 0.703. The highest BCUT2D eigenvalue weighted by atomic mass is 16.6. The molecular weight excluding hydrogens is 294 g/mol. The van der Waals surface area contributed by atoms with E-state index in [1.807, 2.05) is 20.8 Å². The van der Waals surface area contributed by atoms with E-state index in [1.165, 1.54) is 12.8 Å². The van der Waals surface area contributed by atoms with E-state index < -0.39 is 11.7 Å². The summed E-state index contributed by atoms with van der Waals surface area (Å²) in [6.45, 7) is 12.1. The van der Waals surface area contributed by atoms with Crippen LogP contribution in [0.15, 0.2) is 0 Å². The third-order valence-corrected chi connectivity index (χ3v) is 3.74. The van der Waals surface area contributed by atoms with Crippen molar-refractivity contribution in [3.63, 3.8) is 0 Å². The van der Waals surface area contributed by atoms with Gasteiger partial charge in [-0.25, -0.2) is 4.79 Å². The van der Waals surface area contributed by atoms with Gasteiger partial charge in [-0.2, -0.15) is 0 Å². The Balaban J connectivity index is 2.01. The van der Waals surface area contributed by atoms with Gasteiger partial charge in [0.05, 0.1) is 0 Å². The van der Waals surface area contributed by atoms with Gasteiger partial charge < -0.3 is 20.3 Å². The van der Waals surface area contributed by atoms with Gasteiger partial charge in [0.15, 0.2) is 0 Å². The summed E-state index contributed by atoms with van der Waals surface area (Å²) in [7, 11) is 0. The zero-order valence-electron chi connectivity index (χ0n) is 15.1. The summed E-state index contributed by atoms with van der Waals surface area (Å²) in [5.74, 6) is 0.805. The molecule has 0 aromatic rings. The molecule has 1 heterocycles. The number of carbonyl (C=O) groups excluding carboxylic acids is 2. The number of ether oxygens (including phenoxy) is 1. The molecule has 0 aliphatic carbocycles. The zero-order valence-corrected chi connectivity index (χ0v) is 15.1. The molecule has 0 saturated carbocycles. The van der Waals surface area contributed by atoms with E-state index in [0.29, 0.717) is 25.9 Å². The van der Waals surface area contributed by atoms with Crippen LogP contribution in [0, 0.1) is 5.92 Å². The van der Waals surface area contributed by atoms with Crippen LogP contribution in [-0.2, 0) is 9.53 Å². The second-order valence-electron chi connectivity index (χ2n) is 7.43. The maximum Gasteiger partial charge on any atom is 0.407 e. The summed E-state index contributed by atoms with van der Waals surface area (Å²) in [5, 5.41) is 5.60. The molecule has 134 valence electrons. The predicted octanol–water partition coefficient (Wildman–Crippen LogP) is 2.14. The molecule has 1 aliphatic rings. The maximum absolute atomic E-state index is 11.7. The largest absolute Gasteiger partial charge is 0.444 e. The molecule has 1 rings (SSSR count).